The van der Waals surface area contributed by atoms with Gasteiger partial charge in [-0.3, -0.25) is 14.2 Å². The Hall–Kier alpha value is -3.98. The number of benzene rings is 2. The minimum atomic E-state index is -0.237. The van der Waals surface area contributed by atoms with Gasteiger partial charge in [0, 0.05) is 37.6 Å². The first-order valence-electron chi connectivity index (χ1n) is 11.6. The third kappa shape index (κ3) is 3.87. The normalized spacial score (nSPS) is 14.1. The molecule has 4 aromatic rings. The monoisotopic (exact) mass is 472 g/mol. The zero-order valence-electron chi connectivity index (χ0n) is 20.1. The van der Waals surface area contributed by atoms with Gasteiger partial charge < -0.3 is 19.5 Å². The van der Waals surface area contributed by atoms with Gasteiger partial charge in [0.25, 0.3) is 5.56 Å². The van der Waals surface area contributed by atoms with E-state index in [1.807, 2.05) is 47.8 Å². The van der Waals surface area contributed by atoms with E-state index in [0.717, 1.165) is 16.6 Å². The number of phenols is 1. The van der Waals surface area contributed by atoms with Gasteiger partial charge in [-0.1, -0.05) is 30.8 Å². The van der Waals surface area contributed by atoms with Crippen LogP contribution in [0.2, 0.25) is 0 Å². The number of phenolic OH excluding ortho intramolecular Hbond substituents is 1. The van der Waals surface area contributed by atoms with Crippen molar-refractivity contribution in [3.05, 3.63) is 71.1 Å². The summed E-state index contributed by atoms with van der Waals surface area (Å²) in [4.78, 5) is 39.2. The molecule has 3 heterocycles. The molecule has 9 heteroatoms. The number of imidazole rings is 1. The maximum atomic E-state index is 14.0. The highest BCUT2D eigenvalue weighted by molar-refractivity contribution is 5.92. The van der Waals surface area contributed by atoms with Gasteiger partial charge >= 0.3 is 0 Å². The van der Waals surface area contributed by atoms with E-state index in [1.54, 1.807) is 28.5 Å². The molecular weight excluding hydrogens is 444 g/mol. The summed E-state index contributed by atoms with van der Waals surface area (Å²) in [5.74, 6) is 1.24. The van der Waals surface area contributed by atoms with Crippen molar-refractivity contribution in [1.82, 2.24) is 28.9 Å². The molecule has 2 aromatic carbocycles. The number of hydrogen-bond donors (Lipinski definition) is 1. The number of likely N-dealkylation sites (tertiary alicyclic amines) is 1. The van der Waals surface area contributed by atoms with Crippen molar-refractivity contribution in [2.75, 3.05) is 33.7 Å². The standard InChI is InChI=1S/C26H28N6O3/c1-5-22(34)30-14-18(15-30)25-28-24-23(31(25)11-10-29(3)4)26(35)32(16(2)27-24)21-13-19(33)12-17-8-6-7-9-20(17)21/h5-9,12-13,18,33H,1,10-11,14-15H2,2-4H3. The molecule has 2 aromatic heterocycles. The average Bonchev–Trinajstić information content (AvgIpc) is 3.14. The van der Waals surface area contributed by atoms with E-state index in [2.05, 4.69) is 6.58 Å². The summed E-state index contributed by atoms with van der Waals surface area (Å²) in [6.07, 6.45) is 1.31. The first-order valence-corrected chi connectivity index (χ1v) is 11.6. The Balaban J connectivity index is 1.71. The number of carbonyl (C=O) groups is 1. The van der Waals surface area contributed by atoms with Crippen LogP contribution in [0.5, 0.6) is 5.75 Å². The van der Waals surface area contributed by atoms with Gasteiger partial charge in [-0.15, -0.1) is 0 Å². The van der Waals surface area contributed by atoms with Crippen LogP contribution in [0.25, 0.3) is 27.6 Å². The zero-order chi connectivity index (χ0) is 24.9. The molecule has 0 spiro atoms. The molecule has 0 unspecified atom stereocenters. The van der Waals surface area contributed by atoms with Gasteiger partial charge in [-0.2, -0.15) is 0 Å². The van der Waals surface area contributed by atoms with Gasteiger partial charge in [0.2, 0.25) is 5.91 Å². The number of aryl methyl sites for hydroxylation is 1. The quantitative estimate of drug-likeness (QED) is 0.433. The second-order valence-corrected chi connectivity index (χ2v) is 9.23. The molecule has 1 saturated heterocycles. The smallest absolute Gasteiger partial charge is 0.284 e. The largest absolute Gasteiger partial charge is 0.508 e. The minimum Gasteiger partial charge on any atom is -0.508 e. The Morgan fingerprint density at radius 1 is 1.23 bits per heavy atom. The van der Waals surface area contributed by atoms with Gasteiger partial charge in [0.15, 0.2) is 11.2 Å². The van der Waals surface area contributed by atoms with Crippen LogP contribution in [0, 0.1) is 6.92 Å². The number of rotatable bonds is 6. The third-order valence-corrected chi connectivity index (χ3v) is 6.55. The molecule has 0 bridgehead atoms. The van der Waals surface area contributed by atoms with Crippen molar-refractivity contribution < 1.29 is 9.90 Å². The van der Waals surface area contributed by atoms with Crippen molar-refractivity contribution in [3.63, 3.8) is 0 Å². The number of hydrogen-bond acceptors (Lipinski definition) is 6. The maximum Gasteiger partial charge on any atom is 0.284 e. The summed E-state index contributed by atoms with van der Waals surface area (Å²) in [7, 11) is 3.96. The molecule has 1 aliphatic heterocycles. The molecule has 5 rings (SSSR count). The van der Waals surface area contributed by atoms with Gasteiger partial charge in [-0.05, 0) is 38.5 Å². The summed E-state index contributed by atoms with van der Waals surface area (Å²) < 4.78 is 3.50. The van der Waals surface area contributed by atoms with E-state index in [0.29, 0.717) is 48.9 Å². The number of aromatic hydroxyl groups is 1. The lowest BCUT2D eigenvalue weighted by Gasteiger charge is -2.38. The van der Waals surface area contributed by atoms with Crippen LogP contribution in [0.4, 0.5) is 0 Å². The number of likely N-dealkylation sites (N-methyl/N-ethyl adjacent to an activating group) is 1. The van der Waals surface area contributed by atoms with E-state index < -0.39 is 0 Å². The molecule has 1 amide bonds. The van der Waals surface area contributed by atoms with E-state index >= 15 is 0 Å². The Morgan fingerprint density at radius 3 is 2.69 bits per heavy atom. The lowest BCUT2D eigenvalue weighted by atomic mass is 9.99. The first-order chi connectivity index (χ1) is 16.8. The van der Waals surface area contributed by atoms with E-state index in [-0.39, 0.29) is 23.1 Å². The average molecular weight is 473 g/mol. The highest BCUT2D eigenvalue weighted by Gasteiger charge is 2.35. The fourth-order valence-corrected chi connectivity index (χ4v) is 4.73. The van der Waals surface area contributed by atoms with Crippen LogP contribution in [-0.2, 0) is 11.3 Å². The molecule has 180 valence electrons. The van der Waals surface area contributed by atoms with Gasteiger partial charge in [0.05, 0.1) is 11.6 Å². The van der Waals surface area contributed by atoms with Crippen molar-refractivity contribution in [3.8, 4) is 11.4 Å². The summed E-state index contributed by atoms with van der Waals surface area (Å²) in [6, 6.07) is 10.9. The number of nitrogens with zero attached hydrogens (tertiary/aromatic N) is 6. The first kappa shape index (κ1) is 22.8. The molecular formula is C26H28N6O3. The second kappa shape index (κ2) is 8.66. The lowest BCUT2D eigenvalue weighted by Crippen LogP contribution is -2.48. The van der Waals surface area contributed by atoms with Crippen LogP contribution in [0.1, 0.15) is 17.6 Å². The molecule has 9 nitrogen and oxygen atoms in total. The molecule has 35 heavy (non-hydrogen) atoms. The van der Waals surface area contributed by atoms with E-state index in [9.17, 15) is 14.7 Å². The third-order valence-electron chi connectivity index (χ3n) is 6.55. The van der Waals surface area contributed by atoms with E-state index in [4.69, 9.17) is 9.97 Å². The minimum absolute atomic E-state index is 0.0185. The predicted octanol–water partition coefficient (Wildman–Crippen LogP) is 2.42. The molecule has 0 radical (unpaired) electrons. The Morgan fingerprint density at radius 2 is 1.97 bits per heavy atom. The highest BCUT2D eigenvalue weighted by atomic mass is 16.3. The van der Waals surface area contributed by atoms with Crippen molar-refractivity contribution >= 4 is 27.8 Å². The van der Waals surface area contributed by atoms with Crippen molar-refractivity contribution in [2.45, 2.75) is 19.4 Å². The molecule has 1 N–H and O–H groups in total. The molecule has 0 saturated carbocycles. The second-order valence-electron chi connectivity index (χ2n) is 9.23. The topological polar surface area (TPSA) is 96.5 Å². The summed E-state index contributed by atoms with van der Waals surface area (Å²) in [5, 5.41) is 12.0. The Bertz CT molecular complexity index is 1530. The number of fused-ring (bicyclic) bond motifs is 2. The lowest BCUT2D eigenvalue weighted by molar-refractivity contribution is -0.130. The summed E-state index contributed by atoms with van der Waals surface area (Å²) in [6.45, 7) is 7.66. The molecule has 0 atom stereocenters. The van der Waals surface area contributed by atoms with Gasteiger partial charge in [0.1, 0.15) is 17.4 Å². The number of amides is 1. The molecule has 1 aliphatic rings. The Labute approximate surface area is 202 Å². The van der Waals surface area contributed by atoms with Crippen LogP contribution >= 0.6 is 0 Å². The van der Waals surface area contributed by atoms with Crippen molar-refractivity contribution in [1.29, 1.82) is 0 Å². The molecule has 1 fully saturated rings. The molecule has 0 aliphatic carbocycles. The van der Waals surface area contributed by atoms with Crippen LogP contribution in [0.15, 0.2) is 53.8 Å². The summed E-state index contributed by atoms with van der Waals surface area (Å²) in [5.41, 5.74) is 1.16. The van der Waals surface area contributed by atoms with E-state index in [1.165, 1.54) is 6.08 Å². The maximum absolute atomic E-state index is 14.0. The number of aromatic nitrogens is 4. The SMILES string of the molecule is C=CC(=O)N1CC(c2nc3nc(C)n(-c4cc(O)cc5ccccc45)c(=O)c3n2CCN(C)C)C1. The number of carbonyl (C=O) groups excluding carboxylic acids is 1. The van der Waals surface area contributed by atoms with Crippen LogP contribution in [-0.4, -0.2) is 73.6 Å². The fourth-order valence-electron chi connectivity index (χ4n) is 4.73. The zero-order valence-corrected chi connectivity index (χ0v) is 20.1. The summed E-state index contributed by atoms with van der Waals surface area (Å²) >= 11 is 0. The fraction of sp³-hybridized carbons (Fsp3) is 0.308. The van der Waals surface area contributed by atoms with Crippen molar-refractivity contribution in [2.24, 2.45) is 0 Å². The predicted molar refractivity (Wildman–Crippen MR) is 135 cm³/mol. The van der Waals surface area contributed by atoms with Crippen LogP contribution < -0.4 is 5.56 Å². The highest BCUT2D eigenvalue weighted by Crippen LogP contribution is 2.30. The van der Waals surface area contributed by atoms with Gasteiger partial charge in [-0.25, -0.2) is 9.97 Å². The Kier molecular flexibility index (Phi) is 5.64. The van der Waals surface area contributed by atoms with Crippen LogP contribution in [0.3, 0.4) is 0 Å².